The molecule has 1 aromatic carbocycles. The SMILES string of the molecule is Cc1nn(C2CCCCC2)c2c1C(c1ccc3c(c1)nnn3C)CC(=O)N2. The molecular weight excluding hydrogens is 340 g/mol. The lowest BCUT2D eigenvalue weighted by atomic mass is 9.85. The van der Waals surface area contributed by atoms with Gasteiger partial charge in [-0.3, -0.25) is 4.79 Å². The maximum absolute atomic E-state index is 12.5. The number of aromatic nitrogens is 5. The maximum atomic E-state index is 12.5. The summed E-state index contributed by atoms with van der Waals surface area (Å²) in [5, 5.41) is 16.3. The molecule has 0 radical (unpaired) electrons. The molecule has 7 heteroatoms. The predicted molar refractivity (Wildman–Crippen MR) is 103 cm³/mol. The Balaban J connectivity index is 1.60. The van der Waals surface area contributed by atoms with Crippen molar-refractivity contribution in [2.24, 2.45) is 7.05 Å². The molecule has 2 aromatic heterocycles. The Morgan fingerprint density at radius 2 is 2.00 bits per heavy atom. The Morgan fingerprint density at radius 1 is 1.19 bits per heavy atom. The molecule has 1 fully saturated rings. The van der Waals surface area contributed by atoms with E-state index in [0.29, 0.717) is 12.5 Å². The van der Waals surface area contributed by atoms with Crippen LogP contribution in [0.25, 0.3) is 11.0 Å². The van der Waals surface area contributed by atoms with Crippen molar-refractivity contribution in [1.82, 2.24) is 24.8 Å². The summed E-state index contributed by atoms with van der Waals surface area (Å²) in [6.45, 7) is 2.06. The fourth-order valence-electron chi connectivity index (χ4n) is 4.72. The number of anilines is 1. The minimum Gasteiger partial charge on any atom is -0.311 e. The van der Waals surface area contributed by atoms with Crippen molar-refractivity contribution in [3.8, 4) is 0 Å². The zero-order valence-electron chi connectivity index (χ0n) is 15.8. The van der Waals surface area contributed by atoms with Gasteiger partial charge >= 0.3 is 0 Å². The molecule has 0 spiro atoms. The van der Waals surface area contributed by atoms with Crippen molar-refractivity contribution >= 4 is 22.8 Å². The van der Waals surface area contributed by atoms with Crippen molar-refractivity contribution in [3.05, 3.63) is 35.0 Å². The summed E-state index contributed by atoms with van der Waals surface area (Å²) in [6, 6.07) is 6.59. The van der Waals surface area contributed by atoms with Gasteiger partial charge in [0.15, 0.2) is 0 Å². The quantitative estimate of drug-likeness (QED) is 0.755. The molecule has 1 aliphatic heterocycles. The van der Waals surface area contributed by atoms with E-state index in [-0.39, 0.29) is 11.8 Å². The van der Waals surface area contributed by atoms with E-state index in [1.165, 1.54) is 19.3 Å². The van der Waals surface area contributed by atoms with Crippen LogP contribution in [0, 0.1) is 6.92 Å². The van der Waals surface area contributed by atoms with E-state index in [9.17, 15) is 4.79 Å². The van der Waals surface area contributed by atoms with Crippen LogP contribution in [-0.4, -0.2) is 30.7 Å². The molecule has 1 atom stereocenters. The number of hydrogen-bond acceptors (Lipinski definition) is 4. The summed E-state index contributed by atoms with van der Waals surface area (Å²) in [4.78, 5) is 12.5. The van der Waals surface area contributed by atoms with E-state index in [4.69, 9.17) is 5.10 Å². The summed E-state index contributed by atoms with van der Waals surface area (Å²) >= 11 is 0. The van der Waals surface area contributed by atoms with Crippen LogP contribution < -0.4 is 5.32 Å². The number of nitrogens with one attached hydrogen (secondary N) is 1. The summed E-state index contributed by atoms with van der Waals surface area (Å²) in [5.74, 6) is 0.973. The molecule has 1 saturated carbocycles. The molecule has 7 nitrogen and oxygen atoms in total. The highest BCUT2D eigenvalue weighted by Crippen LogP contribution is 2.42. The monoisotopic (exact) mass is 364 g/mol. The van der Waals surface area contributed by atoms with Gasteiger partial charge in [0, 0.05) is 24.9 Å². The zero-order chi connectivity index (χ0) is 18.5. The third-order valence-corrected chi connectivity index (χ3v) is 6.09. The second kappa shape index (κ2) is 6.18. The molecule has 1 aliphatic carbocycles. The van der Waals surface area contributed by atoms with Crippen LogP contribution in [0.4, 0.5) is 5.82 Å². The number of benzene rings is 1. The molecule has 1 N–H and O–H groups in total. The van der Waals surface area contributed by atoms with Gasteiger partial charge in [0.2, 0.25) is 5.91 Å². The number of carbonyl (C=O) groups excluding carboxylic acids is 1. The predicted octanol–water partition coefficient (Wildman–Crippen LogP) is 3.45. The number of fused-ring (bicyclic) bond motifs is 2. The van der Waals surface area contributed by atoms with E-state index in [2.05, 4.69) is 39.4 Å². The minimum atomic E-state index is 0.0116. The normalized spacial score (nSPS) is 20.7. The lowest BCUT2D eigenvalue weighted by molar-refractivity contribution is -0.116. The first-order valence-corrected chi connectivity index (χ1v) is 9.80. The molecular formula is C20H24N6O. The number of aryl methyl sites for hydroxylation is 2. The van der Waals surface area contributed by atoms with Crippen molar-refractivity contribution < 1.29 is 4.79 Å². The Kier molecular flexibility index (Phi) is 3.77. The Labute approximate surface area is 157 Å². The first-order chi connectivity index (χ1) is 13.1. The van der Waals surface area contributed by atoms with Crippen LogP contribution in [0.1, 0.15) is 67.3 Å². The summed E-state index contributed by atoms with van der Waals surface area (Å²) in [7, 11) is 1.89. The van der Waals surface area contributed by atoms with Crippen LogP contribution in [0.3, 0.4) is 0 Å². The standard InChI is InChI=1S/C20H24N6O/c1-12-19-15(13-8-9-17-16(10-13)22-24-25(17)2)11-18(27)21-20(19)26(23-12)14-6-4-3-5-7-14/h8-10,14-15H,3-7,11H2,1-2H3,(H,21,27). The van der Waals surface area contributed by atoms with Crippen LogP contribution in [0.2, 0.25) is 0 Å². The second-order valence-electron chi connectivity index (χ2n) is 7.85. The lowest BCUT2D eigenvalue weighted by Crippen LogP contribution is -2.26. The Morgan fingerprint density at radius 3 is 2.81 bits per heavy atom. The van der Waals surface area contributed by atoms with E-state index >= 15 is 0 Å². The van der Waals surface area contributed by atoms with Gasteiger partial charge in [0.1, 0.15) is 11.3 Å². The van der Waals surface area contributed by atoms with Crippen LogP contribution in [-0.2, 0) is 11.8 Å². The van der Waals surface area contributed by atoms with E-state index in [1.807, 2.05) is 13.1 Å². The summed E-state index contributed by atoms with van der Waals surface area (Å²) < 4.78 is 3.86. The third kappa shape index (κ3) is 2.64. The van der Waals surface area contributed by atoms with Gasteiger partial charge in [-0.25, -0.2) is 9.36 Å². The molecule has 140 valence electrons. The molecule has 1 unspecified atom stereocenters. The molecule has 0 bridgehead atoms. The van der Waals surface area contributed by atoms with E-state index in [0.717, 1.165) is 46.5 Å². The van der Waals surface area contributed by atoms with Gasteiger partial charge in [-0.05, 0) is 37.5 Å². The van der Waals surface area contributed by atoms with Crippen molar-refractivity contribution in [3.63, 3.8) is 0 Å². The van der Waals surface area contributed by atoms with Crippen LogP contribution in [0.15, 0.2) is 18.2 Å². The zero-order valence-corrected chi connectivity index (χ0v) is 15.8. The molecule has 5 rings (SSSR count). The smallest absolute Gasteiger partial charge is 0.226 e. The molecule has 3 heterocycles. The molecule has 0 saturated heterocycles. The topological polar surface area (TPSA) is 77.6 Å². The van der Waals surface area contributed by atoms with Gasteiger partial charge in [-0.1, -0.05) is 30.5 Å². The Hall–Kier alpha value is -2.70. The Bertz CT molecular complexity index is 1030. The van der Waals surface area contributed by atoms with Gasteiger partial charge < -0.3 is 5.32 Å². The average Bonchev–Trinajstić information content (AvgIpc) is 3.22. The van der Waals surface area contributed by atoms with Gasteiger partial charge in [-0.2, -0.15) is 5.10 Å². The van der Waals surface area contributed by atoms with Gasteiger partial charge in [0.05, 0.1) is 17.3 Å². The van der Waals surface area contributed by atoms with Crippen molar-refractivity contribution in [2.45, 2.75) is 57.4 Å². The third-order valence-electron chi connectivity index (χ3n) is 6.09. The van der Waals surface area contributed by atoms with E-state index in [1.54, 1.807) is 4.68 Å². The van der Waals surface area contributed by atoms with Crippen LogP contribution in [0.5, 0.6) is 0 Å². The highest BCUT2D eigenvalue weighted by molar-refractivity contribution is 5.95. The van der Waals surface area contributed by atoms with Crippen LogP contribution >= 0.6 is 0 Å². The molecule has 27 heavy (non-hydrogen) atoms. The molecule has 1 amide bonds. The van der Waals surface area contributed by atoms with Crippen molar-refractivity contribution in [1.29, 1.82) is 0 Å². The minimum absolute atomic E-state index is 0.0116. The molecule has 3 aromatic rings. The fourth-order valence-corrected chi connectivity index (χ4v) is 4.72. The summed E-state index contributed by atoms with van der Waals surface area (Å²) in [6.07, 6.45) is 6.49. The van der Waals surface area contributed by atoms with Crippen molar-refractivity contribution in [2.75, 3.05) is 5.32 Å². The number of hydrogen-bond donors (Lipinski definition) is 1. The highest BCUT2D eigenvalue weighted by Gasteiger charge is 2.34. The average molecular weight is 364 g/mol. The number of rotatable bonds is 2. The summed E-state index contributed by atoms with van der Waals surface area (Å²) in [5.41, 5.74) is 5.13. The first kappa shape index (κ1) is 16.5. The van der Waals surface area contributed by atoms with Gasteiger partial charge in [-0.15, -0.1) is 5.10 Å². The van der Waals surface area contributed by atoms with Gasteiger partial charge in [0.25, 0.3) is 0 Å². The lowest BCUT2D eigenvalue weighted by Gasteiger charge is -2.28. The largest absolute Gasteiger partial charge is 0.311 e. The highest BCUT2D eigenvalue weighted by atomic mass is 16.1. The van der Waals surface area contributed by atoms with E-state index < -0.39 is 0 Å². The first-order valence-electron chi connectivity index (χ1n) is 9.80. The maximum Gasteiger partial charge on any atom is 0.226 e. The number of nitrogens with zero attached hydrogens (tertiary/aromatic N) is 5. The molecule has 2 aliphatic rings. The second-order valence-corrected chi connectivity index (χ2v) is 7.85. The number of carbonyl (C=O) groups is 1. The fraction of sp³-hybridized carbons (Fsp3) is 0.500. The number of amides is 1.